The Morgan fingerprint density at radius 2 is 1.84 bits per heavy atom. The maximum absolute atomic E-state index is 10.5. The molecule has 174 valence electrons. The second-order valence-corrected chi connectivity index (χ2v) is 12.8. The molecule has 5 fully saturated rings. The predicted molar refractivity (Wildman–Crippen MR) is 119 cm³/mol. The Hall–Kier alpha value is -0.420. The summed E-state index contributed by atoms with van der Waals surface area (Å²) >= 11 is 0. The standard InChI is InChI=1S/C27H42O4/c1-15-7-10-27(30-14-15)16(2)24-23(31-27)12-20-18-6-5-17-11-21(28)22(29)13-26(17,4)19(18)8-9-25(20,24)3/h5,15-16,18-24,28-29H,6-14H2,1-4H3/t15?,16-,18?,19?,20?,21?,22?,23?,24?,25?,26?,27+/m1/s1. The second-order valence-electron chi connectivity index (χ2n) is 12.8. The van der Waals surface area contributed by atoms with Crippen molar-refractivity contribution in [1.82, 2.24) is 0 Å². The highest BCUT2D eigenvalue weighted by molar-refractivity contribution is 5.27. The van der Waals surface area contributed by atoms with E-state index in [4.69, 9.17) is 9.47 Å². The molecule has 31 heavy (non-hydrogen) atoms. The molecule has 0 aromatic rings. The van der Waals surface area contributed by atoms with Crippen LogP contribution < -0.4 is 0 Å². The van der Waals surface area contributed by atoms with Crippen molar-refractivity contribution in [3.63, 3.8) is 0 Å². The highest BCUT2D eigenvalue weighted by Gasteiger charge is 2.68. The van der Waals surface area contributed by atoms with Crippen LogP contribution in [0.25, 0.3) is 0 Å². The third-order valence-electron chi connectivity index (χ3n) is 11.4. The van der Waals surface area contributed by atoms with E-state index in [2.05, 4.69) is 33.8 Å². The molecular formula is C27H42O4. The van der Waals surface area contributed by atoms with E-state index in [9.17, 15) is 10.2 Å². The number of hydrogen-bond acceptors (Lipinski definition) is 4. The van der Waals surface area contributed by atoms with Crippen LogP contribution in [0, 0.1) is 46.3 Å². The minimum Gasteiger partial charge on any atom is -0.390 e. The zero-order chi connectivity index (χ0) is 21.8. The van der Waals surface area contributed by atoms with Crippen LogP contribution in [0.5, 0.6) is 0 Å². The summed E-state index contributed by atoms with van der Waals surface area (Å²) in [7, 11) is 0. The van der Waals surface area contributed by atoms with Gasteiger partial charge in [-0.2, -0.15) is 0 Å². The summed E-state index contributed by atoms with van der Waals surface area (Å²) < 4.78 is 13.3. The first-order valence-corrected chi connectivity index (χ1v) is 13.1. The summed E-state index contributed by atoms with van der Waals surface area (Å²) in [4.78, 5) is 0. The molecule has 6 aliphatic rings. The maximum atomic E-state index is 10.5. The molecule has 4 aliphatic carbocycles. The van der Waals surface area contributed by atoms with E-state index in [1.807, 2.05) is 0 Å². The van der Waals surface area contributed by atoms with Gasteiger partial charge >= 0.3 is 0 Å². The molecule has 2 saturated heterocycles. The van der Waals surface area contributed by atoms with Crippen molar-refractivity contribution in [2.24, 2.45) is 46.3 Å². The van der Waals surface area contributed by atoms with Gasteiger partial charge in [-0.25, -0.2) is 0 Å². The number of hydrogen-bond donors (Lipinski definition) is 2. The Bertz CT molecular complexity index is 769. The average Bonchev–Trinajstić information content (AvgIpc) is 3.16. The molecule has 0 aromatic heterocycles. The molecule has 4 heteroatoms. The molecule has 0 amide bonds. The monoisotopic (exact) mass is 430 g/mol. The average molecular weight is 431 g/mol. The number of aliphatic hydroxyl groups excluding tert-OH is 2. The molecule has 2 heterocycles. The van der Waals surface area contributed by atoms with Crippen LogP contribution in [0.4, 0.5) is 0 Å². The topological polar surface area (TPSA) is 58.9 Å². The van der Waals surface area contributed by atoms with Crippen molar-refractivity contribution in [3.8, 4) is 0 Å². The normalized spacial score (nSPS) is 60.7. The molecule has 0 radical (unpaired) electrons. The van der Waals surface area contributed by atoms with Gasteiger partial charge in [-0.3, -0.25) is 0 Å². The Morgan fingerprint density at radius 3 is 2.58 bits per heavy atom. The van der Waals surface area contributed by atoms with E-state index in [1.54, 1.807) is 0 Å². The first-order chi connectivity index (χ1) is 14.7. The summed E-state index contributed by atoms with van der Waals surface area (Å²) in [6.45, 7) is 10.5. The fourth-order valence-electron chi connectivity index (χ4n) is 9.71. The van der Waals surface area contributed by atoms with Gasteiger partial charge in [0.1, 0.15) is 0 Å². The zero-order valence-electron chi connectivity index (χ0n) is 19.8. The van der Waals surface area contributed by atoms with Crippen molar-refractivity contribution in [2.45, 2.75) is 103 Å². The Kier molecular flexibility index (Phi) is 4.64. The van der Waals surface area contributed by atoms with Crippen LogP contribution >= 0.6 is 0 Å². The van der Waals surface area contributed by atoms with Crippen molar-refractivity contribution in [2.75, 3.05) is 6.61 Å². The number of ether oxygens (including phenoxy) is 2. The summed E-state index contributed by atoms with van der Waals surface area (Å²) in [5, 5.41) is 20.8. The molecule has 2 N–H and O–H groups in total. The number of rotatable bonds is 0. The Morgan fingerprint density at radius 1 is 1.03 bits per heavy atom. The van der Waals surface area contributed by atoms with E-state index in [-0.39, 0.29) is 11.2 Å². The summed E-state index contributed by atoms with van der Waals surface area (Å²) in [6, 6.07) is 0. The third kappa shape index (κ3) is 2.74. The second kappa shape index (κ2) is 6.81. The molecule has 0 aromatic carbocycles. The van der Waals surface area contributed by atoms with Crippen molar-refractivity contribution in [1.29, 1.82) is 0 Å². The van der Waals surface area contributed by atoms with Crippen LogP contribution in [0.15, 0.2) is 11.6 Å². The molecule has 3 saturated carbocycles. The van der Waals surface area contributed by atoms with Crippen molar-refractivity contribution in [3.05, 3.63) is 11.6 Å². The first kappa shape index (κ1) is 21.1. The van der Waals surface area contributed by atoms with Crippen molar-refractivity contribution >= 4 is 0 Å². The lowest BCUT2D eigenvalue weighted by Crippen LogP contribution is -2.54. The van der Waals surface area contributed by atoms with Gasteiger partial charge in [0.25, 0.3) is 0 Å². The summed E-state index contributed by atoms with van der Waals surface area (Å²) in [5.74, 6) is 3.39. The van der Waals surface area contributed by atoms with Crippen LogP contribution in [0.2, 0.25) is 0 Å². The van der Waals surface area contributed by atoms with Gasteiger partial charge in [0.2, 0.25) is 0 Å². The molecule has 1 spiro atoms. The minimum atomic E-state index is -0.584. The van der Waals surface area contributed by atoms with Crippen LogP contribution in [0.3, 0.4) is 0 Å². The smallest absolute Gasteiger partial charge is 0.171 e. The molecule has 4 nitrogen and oxygen atoms in total. The Labute approximate surface area is 187 Å². The maximum Gasteiger partial charge on any atom is 0.171 e. The van der Waals surface area contributed by atoms with Crippen LogP contribution in [-0.2, 0) is 9.47 Å². The van der Waals surface area contributed by atoms with E-state index in [0.717, 1.165) is 25.9 Å². The van der Waals surface area contributed by atoms with Gasteiger partial charge in [0.05, 0.1) is 24.9 Å². The Balaban J connectivity index is 1.28. The van der Waals surface area contributed by atoms with Gasteiger partial charge in [-0.15, -0.1) is 0 Å². The molecule has 0 bridgehead atoms. The van der Waals surface area contributed by atoms with Gasteiger partial charge in [-0.1, -0.05) is 39.3 Å². The fraction of sp³-hybridized carbons (Fsp3) is 0.926. The van der Waals surface area contributed by atoms with E-state index < -0.39 is 12.2 Å². The van der Waals surface area contributed by atoms with Crippen LogP contribution in [0.1, 0.15) is 79.1 Å². The summed E-state index contributed by atoms with van der Waals surface area (Å²) in [6.07, 6.45) is 10.1. The summed E-state index contributed by atoms with van der Waals surface area (Å²) in [5.41, 5.74) is 1.80. The highest BCUT2D eigenvalue weighted by Crippen LogP contribution is 2.70. The minimum absolute atomic E-state index is 0.0525. The number of fused-ring (bicyclic) bond motifs is 7. The molecule has 6 rings (SSSR count). The van der Waals surface area contributed by atoms with Gasteiger partial charge in [0, 0.05) is 12.3 Å². The van der Waals surface area contributed by atoms with E-state index >= 15 is 0 Å². The largest absolute Gasteiger partial charge is 0.390 e. The fourth-order valence-corrected chi connectivity index (χ4v) is 9.71. The third-order valence-corrected chi connectivity index (χ3v) is 11.4. The van der Waals surface area contributed by atoms with Gasteiger partial charge in [0.15, 0.2) is 5.79 Å². The number of allylic oxidation sites excluding steroid dienone is 1. The molecular weight excluding hydrogens is 388 g/mol. The molecule has 2 aliphatic heterocycles. The van der Waals surface area contributed by atoms with Crippen LogP contribution in [-0.4, -0.2) is 40.9 Å². The predicted octanol–water partition coefficient (Wildman–Crippen LogP) is 4.68. The quantitative estimate of drug-likeness (QED) is 0.548. The SMILES string of the molecule is CC1CC[C@]2(OC1)OC1CC3C4CC=C5CC(O)C(O)CC5(C)C4CCC3(C)C1[C@H]2C. The van der Waals surface area contributed by atoms with Gasteiger partial charge in [-0.05, 0) is 85.4 Å². The lowest BCUT2D eigenvalue weighted by Gasteiger charge is -2.59. The lowest BCUT2D eigenvalue weighted by molar-refractivity contribution is -0.272. The van der Waals surface area contributed by atoms with E-state index in [0.29, 0.717) is 53.4 Å². The highest BCUT2D eigenvalue weighted by atomic mass is 16.7. The van der Waals surface area contributed by atoms with E-state index in [1.165, 1.54) is 31.3 Å². The lowest BCUT2D eigenvalue weighted by atomic mass is 9.46. The van der Waals surface area contributed by atoms with Gasteiger partial charge < -0.3 is 19.7 Å². The molecule has 10 unspecified atom stereocenters. The first-order valence-electron chi connectivity index (χ1n) is 13.1. The number of aliphatic hydroxyl groups is 2. The molecule has 12 atom stereocenters. The zero-order valence-corrected chi connectivity index (χ0v) is 19.8. The van der Waals surface area contributed by atoms with Crippen molar-refractivity contribution < 1.29 is 19.7 Å².